The highest BCUT2D eigenvalue weighted by Gasteiger charge is 2.24. The van der Waals surface area contributed by atoms with Crippen molar-refractivity contribution in [3.05, 3.63) is 17.7 Å². The average molecular weight is 394 g/mol. The van der Waals surface area contributed by atoms with E-state index >= 15 is 0 Å². The second kappa shape index (κ2) is 8.52. The summed E-state index contributed by atoms with van der Waals surface area (Å²) in [6.45, 7) is 25.8. The van der Waals surface area contributed by atoms with Crippen molar-refractivity contribution in [3.8, 4) is 17.2 Å². The molecule has 0 radical (unpaired) electrons. The van der Waals surface area contributed by atoms with Gasteiger partial charge in [-0.15, -0.1) is 0 Å². The minimum atomic E-state index is -0.329. The van der Waals surface area contributed by atoms with Gasteiger partial charge < -0.3 is 19.5 Å². The minimum absolute atomic E-state index is 0.0745. The lowest BCUT2D eigenvalue weighted by atomic mass is 10.1. The SMILES string of the molecule is CC(C)(C)NCCc1cc(OC(C)(C)C)c(OC(C)(C)C)cc1OC(C)(C)C. The summed E-state index contributed by atoms with van der Waals surface area (Å²) in [7, 11) is 0. The molecule has 0 aromatic heterocycles. The second-order valence-corrected chi connectivity index (χ2v) is 11.5. The van der Waals surface area contributed by atoms with Crippen LogP contribution in [-0.2, 0) is 6.42 Å². The fraction of sp³-hybridized carbons (Fsp3) is 0.750. The lowest BCUT2D eigenvalue weighted by Gasteiger charge is -2.30. The van der Waals surface area contributed by atoms with Crippen molar-refractivity contribution in [3.63, 3.8) is 0 Å². The predicted molar refractivity (Wildman–Crippen MR) is 119 cm³/mol. The minimum Gasteiger partial charge on any atom is -0.488 e. The van der Waals surface area contributed by atoms with Crippen molar-refractivity contribution in [1.29, 1.82) is 0 Å². The van der Waals surface area contributed by atoms with E-state index in [1.165, 1.54) is 0 Å². The van der Waals surface area contributed by atoms with Crippen LogP contribution >= 0.6 is 0 Å². The molecule has 0 aliphatic carbocycles. The summed E-state index contributed by atoms with van der Waals surface area (Å²) in [4.78, 5) is 0. The Bertz CT molecular complexity index is 638. The van der Waals surface area contributed by atoms with Crippen LogP contribution in [0.25, 0.3) is 0 Å². The summed E-state index contributed by atoms with van der Waals surface area (Å²) < 4.78 is 18.8. The van der Waals surface area contributed by atoms with Crippen LogP contribution in [0.3, 0.4) is 0 Å². The molecule has 0 amide bonds. The van der Waals surface area contributed by atoms with Gasteiger partial charge in [-0.25, -0.2) is 0 Å². The van der Waals surface area contributed by atoms with Gasteiger partial charge in [-0.05, 0) is 108 Å². The maximum Gasteiger partial charge on any atom is 0.165 e. The summed E-state index contributed by atoms with van der Waals surface area (Å²) in [6, 6.07) is 4.07. The zero-order chi connectivity index (χ0) is 22.0. The van der Waals surface area contributed by atoms with E-state index in [1.807, 2.05) is 47.6 Å². The molecule has 0 atom stereocenters. The van der Waals surface area contributed by atoms with Gasteiger partial charge in [-0.1, -0.05) is 0 Å². The van der Waals surface area contributed by atoms with E-state index < -0.39 is 0 Å². The first-order chi connectivity index (χ1) is 12.3. The Morgan fingerprint density at radius 1 is 0.607 bits per heavy atom. The molecule has 0 bridgehead atoms. The monoisotopic (exact) mass is 393 g/mol. The Morgan fingerprint density at radius 2 is 1.00 bits per heavy atom. The Hall–Kier alpha value is -1.42. The molecule has 0 saturated heterocycles. The van der Waals surface area contributed by atoms with Gasteiger partial charge in [-0.3, -0.25) is 0 Å². The fourth-order valence-electron chi connectivity index (χ4n) is 2.60. The van der Waals surface area contributed by atoms with E-state index in [4.69, 9.17) is 14.2 Å². The third kappa shape index (κ3) is 10.2. The van der Waals surface area contributed by atoms with Crippen LogP contribution in [0.2, 0.25) is 0 Å². The Morgan fingerprint density at radius 3 is 1.39 bits per heavy atom. The largest absolute Gasteiger partial charge is 0.488 e. The molecule has 0 aliphatic heterocycles. The van der Waals surface area contributed by atoms with Gasteiger partial charge >= 0.3 is 0 Å². The smallest absolute Gasteiger partial charge is 0.165 e. The van der Waals surface area contributed by atoms with Gasteiger partial charge in [0.25, 0.3) is 0 Å². The van der Waals surface area contributed by atoms with Gasteiger partial charge in [0, 0.05) is 11.6 Å². The van der Waals surface area contributed by atoms with Crippen LogP contribution < -0.4 is 19.5 Å². The van der Waals surface area contributed by atoms with Crippen LogP contribution in [-0.4, -0.2) is 28.9 Å². The van der Waals surface area contributed by atoms with Crippen molar-refractivity contribution in [2.75, 3.05) is 6.54 Å². The lowest BCUT2D eigenvalue weighted by Crippen LogP contribution is -2.37. The summed E-state index contributed by atoms with van der Waals surface area (Å²) >= 11 is 0. The van der Waals surface area contributed by atoms with Crippen molar-refractivity contribution >= 4 is 0 Å². The summed E-state index contributed by atoms with van der Waals surface area (Å²) in [6.07, 6.45) is 0.846. The highest BCUT2D eigenvalue weighted by atomic mass is 16.5. The number of benzene rings is 1. The number of hydrogen-bond acceptors (Lipinski definition) is 4. The van der Waals surface area contributed by atoms with Crippen molar-refractivity contribution in [2.24, 2.45) is 0 Å². The highest BCUT2D eigenvalue weighted by Crippen LogP contribution is 2.40. The summed E-state index contributed by atoms with van der Waals surface area (Å²) in [5.41, 5.74) is 0.253. The summed E-state index contributed by atoms with van der Waals surface area (Å²) in [5.74, 6) is 2.33. The second-order valence-electron chi connectivity index (χ2n) is 11.5. The van der Waals surface area contributed by atoms with Crippen LogP contribution in [0.5, 0.6) is 17.2 Å². The van der Waals surface area contributed by atoms with Crippen LogP contribution in [0, 0.1) is 0 Å². The van der Waals surface area contributed by atoms with Crippen LogP contribution in [0.1, 0.15) is 88.6 Å². The maximum absolute atomic E-state index is 6.29. The first-order valence-electron chi connectivity index (χ1n) is 10.3. The van der Waals surface area contributed by atoms with Crippen molar-refractivity contribution < 1.29 is 14.2 Å². The molecular formula is C24H43NO3. The van der Waals surface area contributed by atoms with Gasteiger partial charge in [0.15, 0.2) is 11.5 Å². The molecule has 1 N–H and O–H groups in total. The Balaban J connectivity index is 3.37. The van der Waals surface area contributed by atoms with E-state index in [0.717, 1.165) is 30.0 Å². The normalized spacial score (nSPS) is 13.4. The van der Waals surface area contributed by atoms with Crippen LogP contribution in [0.4, 0.5) is 0 Å². The predicted octanol–water partition coefficient (Wildman–Crippen LogP) is 6.15. The molecule has 0 saturated carbocycles. The zero-order valence-electron chi connectivity index (χ0n) is 20.3. The van der Waals surface area contributed by atoms with E-state index in [2.05, 4.69) is 52.9 Å². The fourth-order valence-corrected chi connectivity index (χ4v) is 2.60. The number of hydrogen-bond donors (Lipinski definition) is 1. The van der Waals surface area contributed by atoms with E-state index in [1.54, 1.807) is 0 Å². The summed E-state index contributed by atoms with van der Waals surface area (Å²) in [5, 5.41) is 3.55. The molecule has 1 aromatic rings. The van der Waals surface area contributed by atoms with E-state index in [-0.39, 0.29) is 22.3 Å². The maximum atomic E-state index is 6.29. The molecule has 0 unspecified atom stereocenters. The Kier molecular flexibility index (Phi) is 7.49. The van der Waals surface area contributed by atoms with Gasteiger partial charge in [0.2, 0.25) is 0 Å². The number of rotatable bonds is 6. The van der Waals surface area contributed by atoms with Gasteiger partial charge in [-0.2, -0.15) is 0 Å². The van der Waals surface area contributed by atoms with Crippen molar-refractivity contribution in [1.82, 2.24) is 5.32 Å². The number of ether oxygens (including phenoxy) is 3. The third-order valence-corrected chi connectivity index (χ3v) is 3.42. The molecule has 1 rings (SSSR count). The lowest BCUT2D eigenvalue weighted by molar-refractivity contribution is 0.0926. The quantitative estimate of drug-likeness (QED) is 0.629. The highest BCUT2D eigenvalue weighted by molar-refractivity contribution is 5.51. The van der Waals surface area contributed by atoms with E-state index in [0.29, 0.717) is 5.75 Å². The molecule has 4 nitrogen and oxygen atoms in total. The van der Waals surface area contributed by atoms with E-state index in [9.17, 15) is 0 Å². The van der Waals surface area contributed by atoms with Gasteiger partial charge in [0.1, 0.15) is 22.6 Å². The molecule has 4 heteroatoms. The third-order valence-electron chi connectivity index (χ3n) is 3.42. The van der Waals surface area contributed by atoms with Crippen molar-refractivity contribution in [2.45, 2.75) is 112 Å². The zero-order valence-corrected chi connectivity index (χ0v) is 20.3. The average Bonchev–Trinajstić information content (AvgIpc) is 2.36. The molecule has 28 heavy (non-hydrogen) atoms. The van der Waals surface area contributed by atoms with Gasteiger partial charge in [0.05, 0.1) is 0 Å². The molecule has 0 aliphatic rings. The first-order valence-corrected chi connectivity index (χ1v) is 10.3. The molecule has 1 aromatic carbocycles. The molecule has 162 valence electrons. The standard InChI is InChI=1S/C24H43NO3/c1-21(2,3)25-14-13-17-15-19(27-23(7,8)9)20(28-24(10,11)12)16-18(17)26-22(4,5)6/h15-16,25H,13-14H2,1-12H3. The molecule has 0 heterocycles. The molecule has 0 spiro atoms. The molecule has 0 fully saturated rings. The topological polar surface area (TPSA) is 39.7 Å². The molecular weight excluding hydrogens is 350 g/mol. The number of nitrogens with one attached hydrogen (secondary N) is 1. The Labute approximate surface area is 173 Å². The first kappa shape index (κ1) is 24.6. The van der Waals surface area contributed by atoms with Crippen LogP contribution in [0.15, 0.2) is 12.1 Å².